The molecule has 2 aliphatic carbocycles. The molecule has 0 amide bonds. The first kappa shape index (κ1) is 24.2. The molecule has 0 aliphatic heterocycles. The summed E-state index contributed by atoms with van der Waals surface area (Å²) in [6.45, 7) is 11.4. The van der Waals surface area contributed by atoms with E-state index >= 15 is 0 Å². The summed E-state index contributed by atoms with van der Waals surface area (Å²) in [5, 5.41) is 4.90. The summed E-state index contributed by atoms with van der Waals surface area (Å²) in [6, 6.07) is 11.4. The molecule has 0 spiro atoms. The molecule has 6 nitrogen and oxygen atoms in total. The number of aldehydes is 1. The highest BCUT2D eigenvalue weighted by Crippen LogP contribution is 2.45. The molecule has 2 aliphatic rings. The van der Waals surface area contributed by atoms with E-state index in [4.69, 9.17) is 4.43 Å². The Balaban J connectivity index is 1.39. The molecule has 4 atom stereocenters. The zero-order valence-corrected chi connectivity index (χ0v) is 22.6. The number of rotatable bonds is 7. The minimum Gasteiger partial charge on any atom is -0.414 e. The number of aryl methyl sites for hydroxylation is 1. The van der Waals surface area contributed by atoms with Crippen LogP contribution < -0.4 is 5.32 Å². The molecule has 5 rings (SSSR count). The average Bonchev–Trinajstić information content (AvgIpc) is 3.51. The van der Waals surface area contributed by atoms with Gasteiger partial charge in [-0.05, 0) is 66.9 Å². The quantitative estimate of drug-likeness (QED) is 0.304. The summed E-state index contributed by atoms with van der Waals surface area (Å²) in [5.41, 5.74) is 3.75. The highest BCUT2D eigenvalue weighted by Gasteiger charge is 2.44. The Bertz CT molecular complexity index is 1220. The number of nitrogens with one attached hydrogen (secondary N) is 1. The molecule has 1 saturated carbocycles. The second-order valence-electron chi connectivity index (χ2n) is 11.8. The fraction of sp³-hybridized carbons (Fsp3) is 0.536. The predicted octanol–water partition coefficient (Wildman–Crippen LogP) is 6.46. The minimum absolute atomic E-state index is 0.109. The number of nitrogens with zero attached hydrogens (tertiary/aromatic N) is 3. The van der Waals surface area contributed by atoms with Crippen LogP contribution >= 0.6 is 0 Å². The lowest BCUT2D eigenvalue weighted by Crippen LogP contribution is -2.44. The third kappa shape index (κ3) is 4.56. The molecule has 0 saturated heterocycles. The van der Waals surface area contributed by atoms with Crippen molar-refractivity contribution in [1.29, 1.82) is 0 Å². The maximum absolute atomic E-state index is 11.5. The van der Waals surface area contributed by atoms with E-state index in [1.807, 2.05) is 0 Å². The average molecular weight is 491 g/mol. The van der Waals surface area contributed by atoms with Gasteiger partial charge in [0.05, 0.1) is 17.5 Å². The van der Waals surface area contributed by atoms with E-state index in [9.17, 15) is 4.79 Å². The zero-order valence-electron chi connectivity index (χ0n) is 21.6. The van der Waals surface area contributed by atoms with E-state index < -0.39 is 8.32 Å². The maximum atomic E-state index is 11.5. The molecule has 35 heavy (non-hydrogen) atoms. The van der Waals surface area contributed by atoms with Crippen molar-refractivity contribution >= 4 is 31.5 Å². The number of fused-ring (bicyclic) bond motifs is 2. The normalized spacial score (nSPS) is 24.6. The van der Waals surface area contributed by atoms with Gasteiger partial charge in [0.2, 0.25) is 0 Å². The van der Waals surface area contributed by atoms with Gasteiger partial charge in [-0.1, -0.05) is 45.0 Å². The molecule has 2 heterocycles. The van der Waals surface area contributed by atoms with E-state index in [1.54, 1.807) is 6.33 Å². The van der Waals surface area contributed by atoms with Crippen LogP contribution in [0.2, 0.25) is 18.1 Å². The Morgan fingerprint density at radius 1 is 1.17 bits per heavy atom. The van der Waals surface area contributed by atoms with E-state index in [-0.39, 0.29) is 29.1 Å². The molecule has 0 bridgehead atoms. The highest BCUT2D eigenvalue weighted by atomic mass is 28.4. The second-order valence-corrected chi connectivity index (χ2v) is 16.6. The van der Waals surface area contributed by atoms with Crippen molar-refractivity contribution < 1.29 is 9.22 Å². The fourth-order valence-corrected chi connectivity index (χ4v) is 7.01. The van der Waals surface area contributed by atoms with E-state index in [0.29, 0.717) is 6.42 Å². The summed E-state index contributed by atoms with van der Waals surface area (Å²) >= 11 is 0. The Labute approximate surface area is 209 Å². The van der Waals surface area contributed by atoms with Crippen LogP contribution in [0.3, 0.4) is 0 Å². The monoisotopic (exact) mass is 490 g/mol. The van der Waals surface area contributed by atoms with Gasteiger partial charge in [0, 0.05) is 18.7 Å². The standard InChI is InChI=1S/C28H38N4O2Si/c1-28(2,3)35(4,5)34-25-17-21(16-20(25)13-15-33)32-14-12-23-26(29-18-30-27(23)32)31-24-11-10-19-8-6-7-9-22(19)24/h6-9,12,14-15,18,20-21,24-25H,10-11,13,16-17H2,1-5H3,(H,29,30,31)/t20-,21-,24+,25+/m1/s1. The molecule has 1 aromatic carbocycles. The third-order valence-corrected chi connectivity index (χ3v) is 13.1. The first-order valence-electron chi connectivity index (χ1n) is 13.0. The molecule has 2 aromatic heterocycles. The number of aromatic nitrogens is 3. The lowest BCUT2D eigenvalue weighted by Gasteiger charge is -2.39. The van der Waals surface area contributed by atoms with E-state index in [1.165, 1.54) is 11.1 Å². The van der Waals surface area contributed by atoms with Crippen molar-refractivity contribution in [1.82, 2.24) is 14.5 Å². The molecule has 7 heteroatoms. The van der Waals surface area contributed by atoms with Gasteiger partial charge in [0.25, 0.3) is 0 Å². The summed E-state index contributed by atoms with van der Waals surface area (Å²) < 4.78 is 9.13. The second kappa shape index (κ2) is 9.17. The van der Waals surface area contributed by atoms with Crippen LogP contribution in [-0.2, 0) is 15.6 Å². The predicted molar refractivity (Wildman–Crippen MR) is 143 cm³/mol. The van der Waals surface area contributed by atoms with Crippen molar-refractivity contribution in [2.24, 2.45) is 5.92 Å². The molecule has 0 unspecified atom stereocenters. The largest absolute Gasteiger partial charge is 0.414 e. The van der Waals surface area contributed by atoms with Crippen LogP contribution in [0.25, 0.3) is 11.0 Å². The summed E-state index contributed by atoms with van der Waals surface area (Å²) in [4.78, 5) is 20.8. The maximum Gasteiger partial charge on any atom is 0.192 e. The lowest BCUT2D eigenvalue weighted by atomic mass is 10.0. The van der Waals surface area contributed by atoms with Crippen LogP contribution in [0.1, 0.15) is 69.7 Å². The molecule has 3 aromatic rings. The number of benzene rings is 1. The third-order valence-electron chi connectivity index (χ3n) is 8.60. The summed E-state index contributed by atoms with van der Waals surface area (Å²) in [6.07, 6.45) is 9.56. The van der Waals surface area contributed by atoms with Crippen molar-refractivity contribution in [3.05, 3.63) is 54.0 Å². The number of carbonyl (C=O) groups is 1. The molecule has 186 valence electrons. The van der Waals surface area contributed by atoms with Crippen LogP contribution in [-0.4, -0.2) is 35.2 Å². The Morgan fingerprint density at radius 2 is 1.97 bits per heavy atom. The van der Waals surface area contributed by atoms with Crippen molar-refractivity contribution in [3.8, 4) is 0 Å². The SMILES string of the molecule is CC(C)(C)[Si](C)(C)O[C@H]1C[C@H](n2ccc3c(N[C@H]4CCc5ccccc54)ncnc32)C[C@H]1CC=O. The Hall–Kier alpha value is -2.51. The van der Waals surface area contributed by atoms with Gasteiger partial charge >= 0.3 is 0 Å². The van der Waals surface area contributed by atoms with E-state index in [0.717, 1.165) is 48.8 Å². The van der Waals surface area contributed by atoms with Crippen LogP contribution in [0.4, 0.5) is 5.82 Å². The molecule has 0 radical (unpaired) electrons. The van der Waals surface area contributed by atoms with Crippen molar-refractivity contribution in [2.75, 3.05) is 5.32 Å². The summed E-state index contributed by atoms with van der Waals surface area (Å²) in [7, 11) is -1.93. The number of anilines is 1. The van der Waals surface area contributed by atoms with Gasteiger partial charge in [-0.2, -0.15) is 0 Å². The van der Waals surface area contributed by atoms with Gasteiger partial charge in [-0.3, -0.25) is 0 Å². The smallest absolute Gasteiger partial charge is 0.192 e. The molecule has 1 fully saturated rings. The number of hydrogen-bond donors (Lipinski definition) is 1. The highest BCUT2D eigenvalue weighted by molar-refractivity contribution is 6.74. The van der Waals surface area contributed by atoms with Crippen LogP contribution in [0, 0.1) is 5.92 Å². The van der Waals surface area contributed by atoms with Crippen molar-refractivity contribution in [3.63, 3.8) is 0 Å². The first-order valence-corrected chi connectivity index (χ1v) is 15.9. The van der Waals surface area contributed by atoms with Gasteiger partial charge in [-0.25, -0.2) is 9.97 Å². The van der Waals surface area contributed by atoms with Crippen LogP contribution in [0.15, 0.2) is 42.9 Å². The van der Waals surface area contributed by atoms with Crippen LogP contribution in [0.5, 0.6) is 0 Å². The minimum atomic E-state index is -1.93. The number of hydrogen-bond acceptors (Lipinski definition) is 5. The molecular weight excluding hydrogens is 452 g/mol. The summed E-state index contributed by atoms with van der Waals surface area (Å²) in [5.74, 6) is 1.14. The zero-order chi connectivity index (χ0) is 24.8. The van der Waals surface area contributed by atoms with Gasteiger partial charge in [0.15, 0.2) is 8.32 Å². The van der Waals surface area contributed by atoms with Gasteiger partial charge in [0.1, 0.15) is 24.1 Å². The lowest BCUT2D eigenvalue weighted by molar-refractivity contribution is -0.109. The van der Waals surface area contributed by atoms with Crippen molar-refractivity contribution in [2.45, 2.75) is 89.2 Å². The first-order chi connectivity index (χ1) is 16.7. The van der Waals surface area contributed by atoms with E-state index in [2.05, 4.69) is 90.2 Å². The topological polar surface area (TPSA) is 69.0 Å². The Morgan fingerprint density at radius 3 is 2.74 bits per heavy atom. The molecule has 1 N–H and O–H groups in total. The van der Waals surface area contributed by atoms with Gasteiger partial charge < -0.3 is 19.1 Å². The Kier molecular flexibility index (Phi) is 6.34. The fourth-order valence-electron chi connectivity index (χ4n) is 5.61. The molecular formula is C28H38N4O2Si. The van der Waals surface area contributed by atoms with Gasteiger partial charge in [-0.15, -0.1) is 0 Å². The number of carbonyl (C=O) groups excluding carboxylic acids is 1.